The van der Waals surface area contributed by atoms with Gasteiger partial charge in [0.05, 0.1) is 18.7 Å². The van der Waals surface area contributed by atoms with E-state index in [1.54, 1.807) is 0 Å². The third-order valence-electron chi connectivity index (χ3n) is 4.88. The number of nitrogens with zero attached hydrogens (tertiary/aromatic N) is 2. The van der Waals surface area contributed by atoms with Crippen molar-refractivity contribution in [1.29, 1.82) is 0 Å². The van der Waals surface area contributed by atoms with Crippen LogP contribution >= 0.6 is 0 Å². The van der Waals surface area contributed by atoms with Gasteiger partial charge in [-0.15, -0.1) is 0 Å². The second-order valence-electron chi connectivity index (χ2n) is 7.36. The highest BCUT2D eigenvalue weighted by molar-refractivity contribution is 5.01. The van der Waals surface area contributed by atoms with Crippen molar-refractivity contribution in [3.05, 3.63) is 0 Å². The van der Waals surface area contributed by atoms with Crippen molar-refractivity contribution in [3.63, 3.8) is 0 Å². The van der Waals surface area contributed by atoms with Gasteiger partial charge in [0, 0.05) is 25.6 Å². The number of likely N-dealkylation sites (tertiary alicyclic amines) is 2. The highest BCUT2D eigenvalue weighted by atomic mass is 19.3. The summed E-state index contributed by atoms with van der Waals surface area (Å²) in [4.78, 5) is 3.89. The first-order valence-electron chi connectivity index (χ1n) is 10.4. The molecule has 0 spiro atoms. The van der Waals surface area contributed by atoms with Gasteiger partial charge in [-0.3, -0.25) is 9.80 Å². The van der Waals surface area contributed by atoms with Crippen LogP contribution in [-0.4, -0.2) is 67.2 Å². The third-order valence-corrected chi connectivity index (χ3v) is 4.88. The number of rotatable bonds is 5. The molecule has 2 rings (SSSR count). The van der Waals surface area contributed by atoms with Crippen LogP contribution in [0.25, 0.3) is 0 Å². The number of alkyl halides is 2. The summed E-state index contributed by atoms with van der Waals surface area (Å²) in [7, 11) is 0. The van der Waals surface area contributed by atoms with Gasteiger partial charge in [-0.2, -0.15) is 0 Å². The number of hydrogen-bond acceptors (Lipinski definition) is 3. The summed E-state index contributed by atoms with van der Waals surface area (Å²) in [6.45, 7) is 13.5. The van der Waals surface area contributed by atoms with E-state index in [2.05, 4.69) is 25.7 Å². The monoisotopic (exact) mass is 372 g/mol. The molecule has 2 aliphatic rings. The Morgan fingerprint density at radius 3 is 2.31 bits per heavy atom. The van der Waals surface area contributed by atoms with Crippen molar-refractivity contribution in [3.8, 4) is 11.8 Å². The van der Waals surface area contributed by atoms with Crippen molar-refractivity contribution < 1.29 is 13.5 Å². The summed E-state index contributed by atoms with van der Waals surface area (Å²) in [5.74, 6) is 3.86. The summed E-state index contributed by atoms with van der Waals surface area (Å²) < 4.78 is 34.8. The summed E-state index contributed by atoms with van der Waals surface area (Å²) in [6.07, 6.45) is 3.32. The molecule has 0 aliphatic carbocycles. The van der Waals surface area contributed by atoms with Crippen LogP contribution in [0.2, 0.25) is 0 Å². The molecule has 26 heavy (non-hydrogen) atoms. The van der Waals surface area contributed by atoms with Gasteiger partial charge in [0.25, 0.3) is 5.92 Å². The van der Waals surface area contributed by atoms with Gasteiger partial charge in [0.2, 0.25) is 0 Å². The molecule has 1 atom stereocenters. The predicted molar refractivity (Wildman–Crippen MR) is 105 cm³/mol. The Bertz CT molecular complexity index is 437. The zero-order valence-electron chi connectivity index (χ0n) is 17.4. The van der Waals surface area contributed by atoms with Gasteiger partial charge in [0.1, 0.15) is 6.61 Å². The standard InChI is InChI=1S/C19H32F2N2O.C2H6/c1-4-10-22-11-9-18(19(20,21)15-22)23-12-7-17(8-13-23)24-14-5-6-16(2)3;1-2/h16-18H,4,7-15H2,1-3H3;1-2H3. The average Bonchev–Trinajstić information content (AvgIpc) is 2.61. The van der Waals surface area contributed by atoms with Crippen LogP contribution in [0.3, 0.4) is 0 Å². The van der Waals surface area contributed by atoms with E-state index in [0.717, 1.165) is 32.4 Å². The van der Waals surface area contributed by atoms with Crippen molar-refractivity contribution in [2.45, 2.75) is 78.4 Å². The molecule has 0 aromatic carbocycles. The zero-order valence-corrected chi connectivity index (χ0v) is 17.4. The van der Waals surface area contributed by atoms with Crippen LogP contribution in [0.15, 0.2) is 0 Å². The normalized spacial score (nSPS) is 24.5. The first-order chi connectivity index (χ1) is 12.4. The molecule has 0 radical (unpaired) electrons. The van der Waals surface area contributed by atoms with Crippen molar-refractivity contribution >= 4 is 0 Å². The van der Waals surface area contributed by atoms with Gasteiger partial charge in [-0.1, -0.05) is 46.5 Å². The topological polar surface area (TPSA) is 15.7 Å². The Hall–Kier alpha value is -0.700. The molecule has 5 heteroatoms. The van der Waals surface area contributed by atoms with Crippen LogP contribution in [0.5, 0.6) is 0 Å². The van der Waals surface area contributed by atoms with Crippen molar-refractivity contribution in [2.75, 3.05) is 39.3 Å². The molecule has 2 aliphatic heterocycles. The van der Waals surface area contributed by atoms with E-state index in [9.17, 15) is 8.78 Å². The van der Waals surface area contributed by atoms with Gasteiger partial charge in [-0.05, 0) is 32.2 Å². The van der Waals surface area contributed by atoms with Crippen molar-refractivity contribution in [2.24, 2.45) is 5.92 Å². The Labute approximate surface area is 159 Å². The fraction of sp³-hybridized carbons (Fsp3) is 0.905. The van der Waals surface area contributed by atoms with Gasteiger partial charge in [-0.25, -0.2) is 8.78 Å². The molecule has 0 bridgehead atoms. The van der Waals surface area contributed by atoms with Crippen LogP contribution in [0, 0.1) is 17.8 Å². The first-order valence-corrected chi connectivity index (χ1v) is 10.4. The van der Waals surface area contributed by atoms with E-state index in [1.807, 2.05) is 30.6 Å². The average molecular weight is 373 g/mol. The Balaban J connectivity index is 0.00000163. The molecule has 2 fully saturated rings. The highest BCUT2D eigenvalue weighted by Crippen LogP contribution is 2.33. The maximum Gasteiger partial charge on any atom is 0.275 e. The Morgan fingerprint density at radius 1 is 1.12 bits per heavy atom. The first kappa shape index (κ1) is 23.3. The maximum absolute atomic E-state index is 14.5. The SMILES string of the molecule is CC.CCCN1CCC(N2CCC(OCC#CC(C)C)CC2)C(F)(F)C1. The third kappa shape index (κ3) is 7.50. The van der Waals surface area contributed by atoms with E-state index in [-0.39, 0.29) is 12.6 Å². The lowest BCUT2D eigenvalue weighted by molar-refractivity contribution is -0.136. The van der Waals surface area contributed by atoms with E-state index in [4.69, 9.17) is 4.74 Å². The minimum absolute atomic E-state index is 0.0905. The summed E-state index contributed by atoms with van der Waals surface area (Å²) in [5, 5.41) is 0. The molecular weight excluding hydrogens is 334 g/mol. The van der Waals surface area contributed by atoms with Gasteiger partial charge < -0.3 is 4.74 Å². The lowest BCUT2D eigenvalue weighted by atomic mass is 9.95. The molecule has 0 aromatic heterocycles. The Morgan fingerprint density at radius 2 is 1.77 bits per heavy atom. The molecule has 0 N–H and O–H groups in total. The number of halogens is 2. The van der Waals surface area contributed by atoms with Crippen molar-refractivity contribution in [1.82, 2.24) is 9.80 Å². The number of ether oxygens (including phenoxy) is 1. The summed E-state index contributed by atoms with van der Waals surface area (Å²) in [5.41, 5.74) is 0. The van der Waals surface area contributed by atoms with Crippen LogP contribution in [0.4, 0.5) is 8.78 Å². The molecule has 1 unspecified atom stereocenters. The highest BCUT2D eigenvalue weighted by Gasteiger charge is 2.47. The maximum atomic E-state index is 14.5. The number of hydrogen-bond donors (Lipinski definition) is 0. The molecule has 0 aromatic rings. The fourth-order valence-electron chi connectivity index (χ4n) is 3.71. The van der Waals surface area contributed by atoms with E-state index < -0.39 is 12.0 Å². The lowest BCUT2D eigenvalue weighted by Gasteiger charge is -2.45. The molecule has 2 saturated heterocycles. The quantitative estimate of drug-likeness (QED) is 0.670. The molecule has 2 heterocycles. The van der Waals surface area contributed by atoms with Gasteiger partial charge in [0.15, 0.2) is 0 Å². The second kappa shape index (κ2) is 11.9. The lowest BCUT2D eigenvalue weighted by Crippen LogP contribution is -2.60. The smallest absolute Gasteiger partial charge is 0.275 e. The van der Waals surface area contributed by atoms with Crippen LogP contribution in [0.1, 0.15) is 60.3 Å². The largest absolute Gasteiger partial charge is 0.365 e. The predicted octanol–water partition coefficient (Wildman–Crippen LogP) is 4.27. The van der Waals surface area contributed by atoms with Crippen LogP contribution in [-0.2, 0) is 4.74 Å². The van der Waals surface area contributed by atoms with E-state index in [0.29, 0.717) is 32.0 Å². The fourth-order valence-corrected chi connectivity index (χ4v) is 3.71. The molecular formula is C21H38F2N2O. The summed E-state index contributed by atoms with van der Waals surface area (Å²) >= 11 is 0. The zero-order chi connectivity index (χ0) is 19.6. The van der Waals surface area contributed by atoms with Gasteiger partial charge >= 0.3 is 0 Å². The molecule has 152 valence electrons. The molecule has 0 amide bonds. The Kier molecular flexibility index (Phi) is 10.7. The minimum Gasteiger partial charge on any atom is -0.365 e. The minimum atomic E-state index is -2.61. The summed E-state index contributed by atoms with van der Waals surface area (Å²) in [6, 6.07) is -0.604. The van der Waals surface area contributed by atoms with E-state index >= 15 is 0 Å². The second-order valence-corrected chi connectivity index (χ2v) is 7.36. The molecule has 3 nitrogen and oxygen atoms in total. The molecule has 0 saturated carbocycles. The van der Waals surface area contributed by atoms with E-state index in [1.165, 1.54) is 0 Å². The number of piperidine rings is 2. The van der Waals surface area contributed by atoms with Crippen LogP contribution < -0.4 is 0 Å².